The van der Waals surface area contributed by atoms with Gasteiger partial charge in [0.05, 0.1) is 0 Å². The fourth-order valence-corrected chi connectivity index (χ4v) is 2.02. The van der Waals surface area contributed by atoms with Gasteiger partial charge in [-0.3, -0.25) is 0 Å². The maximum absolute atomic E-state index is 5.48. The highest BCUT2D eigenvalue weighted by Gasteiger charge is 2.10. The van der Waals surface area contributed by atoms with E-state index in [1.165, 1.54) is 45.2 Å². The summed E-state index contributed by atoms with van der Waals surface area (Å²) in [4.78, 5) is 2.60. The lowest BCUT2D eigenvalue weighted by Crippen LogP contribution is -2.34. The zero-order valence-corrected chi connectivity index (χ0v) is 11.8. The van der Waals surface area contributed by atoms with Crippen molar-refractivity contribution in [2.45, 2.75) is 65.8 Å². The largest absolute Gasteiger partial charge is 0.330 e. The number of nitrogens with two attached hydrogens (primary N) is 1. The van der Waals surface area contributed by atoms with Crippen LogP contribution in [0, 0.1) is 5.92 Å². The number of nitrogens with zero attached hydrogens (tertiary/aromatic N) is 1. The number of hydrogen-bond donors (Lipinski definition) is 1. The molecule has 0 aliphatic carbocycles. The Morgan fingerprint density at radius 3 is 1.94 bits per heavy atom. The zero-order valence-electron chi connectivity index (χ0n) is 11.8. The molecule has 0 saturated carbocycles. The zero-order chi connectivity index (χ0) is 12.4. The summed E-state index contributed by atoms with van der Waals surface area (Å²) < 4.78 is 0. The summed E-state index contributed by atoms with van der Waals surface area (Å²) in [5, 5.41) is 0. The van der Waals surface area contributed by atoms with Gasteiger partial charge in [0.1, 0.15) is 0 Å². The predicted octanol–water partition coefficient (Wildman–Crippen LogP) is 3.26. The van der Waals surface area contributed by atoms with Crippen molar-refractivity contribution < 1.29 is 0 Å². The SMILES string of the molecule is CC(C)CN(CCCCCCCN)C(C)C. The third-order valence-corrected chi connectivity index (χ3v) is 2.98. The predicted molar refractivity (Wildman–Crippen MR) is 73.7 cm³/mol. The fourth-order valence-electron chi connectivity index (χ4n) is 2.02. The monoisotopic (exact) mass is 228 g/mol. The minimum absolute atomic E-state index is 0.687. The molecule has 0 aliphatic heterocycles. The Morgan fingerprint density at radius 1 is 0.875 bits per heavy atom. The third-order valence-electron chi connectivity index (χ3n) is 2.98. The Bertz CT molecular complexity index is 144. The Kier molecular flexibility index (Phi) is 10.0. The van der Waals surface area contributed by atoms with Crippen molar-refractivity contribution in [3.05, 3.63) is 0 Å². The molecule has 0 radical (unpaired) electrons. The minimum atomic E-state index is 0.687. The van der Waals surface area contributed by atoms with E-state index in [0.717, 1.165) is 12.5 Å². The third kappa shape index (κ3) is 9.17. The summed E-state index contributed by atoms with van der Waals surface area (Å²) in [6, 6.07) is 0.687. The molecule has 0 rings (SSSR count). The molecule has 0 saturated heterocycles. The van der Waals surface area contributed by atoms with Crippen LogP contribution in [0.15, 0.2) is 0 Å². The first-order valence-corrected chi connectivity index (χ1v) is 7.02. The van der Waals surface area contributed by atoms with E-state index in [-0.39, 0.29) is 0 Å². The van der Waals surface area contributed by atoms with Crippen LogP contribution in [0.1, 0.15) is 59.8 Å². The maximum Gasteiger partial charge on any atom is 0.00387 e. The van der Waals surface area contributed by atoms with Gasteiger partial charge in [-0.05, 0) is 45.7 Å². The maximum atomic E-state index is 5.48. The van der Waals surface area contributed by atoms with E-state index >= 15 is 0 Å². The van der Waals surface area contributed by atoms with Crippen molar-refractivity contribution in [2.24, 2.45) is 11.7 Å². The first kappa shape index (κ1) is 15.9. The number of unbranched alkanes of at least 4 members (excludes halogenated alkanes) is 4. The van der Waals surface area contributed by atoms with Gasteiger partial charge in [-0.2, -0.15) is 0 Å². The van der Waals surface area contributed by atoms with E-state index in [1.807, 2.05) is 0 Å². The van der Waals surface area contributed by atoms with Gasteiger partial charge in [-0.15, -0.1) is 0 Å². The molecule has 0 amide bonds. The van der Waals surface area contributed by atoms with Crippen LogP contribution in [-0.2, 0) is 0 Å². The average molecular weight is 228 g/mol. The Balaban J connectivity index is 3.52. The summed E-state index contributed by atoms with van der Waals surface area (Å²) in [5.41, 5.74) is 5.48. The molecule has 0 spiro atoms. The van der Waals surface area contributed by atoms with Crippen LogP contribution < -0.4 is 5.73 Å². The minimum Gasteiger partial charge on any atom is -0.330 e. The molecule has 16 heavy (non-hydrogen) atoms. The molecule has 98 valence electrons. The highest BCUT2D eigenvalue weighted by Crippen LogP contribution is 2.08. The van der Waals surface area contributed by atoms with Crippen LogP contribution in [0.5, 0.6) is 0 Å². The van der Waals surface area contributed by atoms with Gasteiger partial charge in [0.2, 0.25) is 0 Å². The molecule has 0 unspecified atom stereocenters. The van der Waals surface area contributed by atoms with Crippen LogP contribution in [0.2, 0.25) is 0 Å². The summed E-state index contributed by atoms with van der Waals surface area (Å²) in [6.45, 7) is 12.6. The molecule has 0 fully saturated rings. The van der Waals surface area contributed by atoms with Crippen molar-refractivity contribution in [3.63, 3.8) is 0 Å². The number of rotatable bonds is 10. The molecule has 2 heteroatoms. The Morgan fingerprint density at radius 2 is 1.44 bits per heavy atom. The van der Waals surface area contributed by atoms with E-state index in [0.29, 0.717) is 6.04 Å². The van der Waals surface area contributed by atoms with Crippen molar-refractivity contribution >= 4 is 0 Å². The topological polar surface area (TPSA) is 29.3 Å². The highest BCUT2D eigenvalue weighted by molar-refractivity contribution is 4.64. The molecular formula is C14H32N2. The van der Waals surface area contributed by atoms with E-state index in [9.17, 15) is 0 Å². The van der Waals surface area contributed by atoms with Crippen LogP contribution in [0.25, 0.3) is 0 Å². The lowest BCUT2D eigenvalue weighted by molar-refractivity contribution is 0.193. The fraction of sp³-hybridized carbons (Fsp3) is 1.00. The van der Waals surface area contributed by atoms with Crippen LogP contribution in [-0.4, -0.2) is 30.6 Å². The molecule has 0 aromatic carbocycles. The van der Waals surface area contributed by atoms with Crippen molar-refractivity contribution in [2.75, 3.05) is 19.6 Å². The first-order chi connectivity index (χ1) is 7.57. The second-order valence-electron chi connectivity index (χ2n) is 5.54. The summed E-state index contributed by atoms with van der Waals surface area (Å²) >= 11 is 0. The molecule has 0 bridgehead atoms. The smallest absolute Gasteiger partial charge is 0.00387 e. The van der Waals surface area contributed by atoms with Crippen molar-refractivity contribution in [1.29, 1.82) is 0 Å². The highest BCUT2D eigenvalue weighted by atomic mass is 15.1. The molecule has 2 nitrogen and oxygen atoms in total. The summed E-state index contributed by atoms with van der Waals surface area (Å²) in [7, 11) is 0. The molecule has 0 atom stereocenters. The summed E-state index contributed by atoms with van der Waals surface area (Å²) in [6.07, 6.45) is 6.56. The van der Waals surface area contributed by atoms with Gasteiger partial charge < -0.3 is 10.6 Å². The molecule has 2 N–H and O–H groups in total. The van der Waals surface area contributed by atoms with E-state index < -0.39 is 0 Å². The Hall–Kier alpha value is -0.0800. The molecule has 0 aromatic rings. The quantitative estimate of drug-likeness (QED) is 0.582. The van der Waals surface area contributed by atoms with Gasteiger partial charge in [0, 0.05) is 12.6 Å². The first-order valence-electron chi connectivity index (χ1n) is 7.02. The van der Waals surface area contributed by atoms with Crippen molar-refractivity contribution in [1.82, 2.24) is 4.90 Å². The van der Waals surface area contributed by atoms with Gasteiger partial charge in [0.15, 0.2) is 0 Å². The normalized spacial score (nSPS) is 12.0. The van der Waals surface area contributed by atoms with Crippen LogP contribution in [0.4, 0.5) is 0 Å². The van der Waals surface area contributed by atoms with Gasteiger partial charge in [0.25, 0.3) is 0 Å². The van der Waals surface area contributed by atoms with Crippen molar-refractivity contribution in [3.8, 4) is 0 Å². The van der Waals surface area contributed by atoms with Gasteiger partial charge in [-0.1, -0.05) is 33.1 Å². The molecule has 0 aliphatic rings. The lowest BCUT2D eigenvalue weighted by Gasteiger charge is -2.28. The number of hydrogen-bond acceptors (Lipinski definition) is 2. The second-order valence-corrected chi connectivity index (χ2v) is 5.54. The van der Waals surface area contributed by atoms with Crippen LogP contribution in [0.3, 0.4) is 0 Å². The van der Waals surface area contributed by atoms with E-state index in [4.69, 9.17) is 5.73 Å². The van der Waals surface area contributed by atoms with E-state index in [2.05, 4.69) is 32.6 Å². The molecule has 0 heterocycles. The average Bonchev–Trinajstić information content (AvgIpc) is 2.20. The van der Waals surface area contributed by atoms with Gasteiger partial charge in [-0.25, -0.2) is 0 Å². The lowest BCUT2D eigenvalue weighted by atomic mass is 10.1. The standard InChI is InChI=1S/C14H32N2/c1-13(2)12-16(14(3)4)11-9-7-5-6-8-10-15/h13-14H,5-12,15H2,1-4H3. The summed E-state index contributed by atoms with van der Waals surface area (Å²) in [5.74, 6) is 0.777. The Labute approximate surface area is 103 Å². The second kappa shape index (κ2) is 10.1. The van der Waals surface area contributed by atoms with Gasteiger partial charge >= 0.3 is 0 Å². The van der Waals surface area contributed by atoms with E-state index in [1.54, 1.807) is 0 Å². The van der Waals surface area contributed by atoms with Crippen LogP contribution >= 0.6 is 0 Å². The molecule has 0 aromatic heterocycles. The molecular weight excluding hydrogens is 196 g/mol.